The molecule has 1 aromatic carbocycles. The lowest BCUT2D eigenvalue weighted by atomic mass is 10.0. The number of ether oxygens (including phenoxy) is 2. The van der Waals surface area contributed by atoms with Gasteiger partial charge in [-0.3, -0.25) is 0 Å². The van der Waals surface area contributed by atoms with Gasteiger partial charge in [0.1, 0.15) is 17.9 Å². The van der Waals surface area contributed by atoms with Gasteiger partial charge in [-0.1, -0.05) is 18.2 Å². The monoisotopic (exact) mass is 285 g/mol. The molecule has 0 saturated heterocycles. The molecule has 21 heavy (non-hydrogen) atoms. The smallest absolute Gasteiger partial charge is 0.218 e. The summed E-state index contributed by atoms with van der Waals surface area (Å²) in [5, 5.41) is 3.44. The lowest BCUT2D eigenvalue weighted by Crippen LogP contribution is -2.20. The number of benzene rings is 1. The number of hydrogen-bond acceptors (Lipinski definition) is 5. The van der Waals surface area contributed by atoms with Crippen LogP contribution in [0.5, 0.6) is 11.6 Å². The van der Waals surface area contributed by atoms with Crippen LogP contribution in [0.4, 0.5) is 5.82 Å². The zero-order chi connectivity index (χ0) is 14.7. The molecule has 2 heterocycles. The Morgan fingerprint density at radius 2 is 2.14 bits per heavy atom. The van der Waals surface area contributed by atoms with Gasteiger partial charge < -0.3 is 14.8 Å². The Balaban J connectivity index is 1.78. The van der Waals surface area contributed by atoms with E-state index in [1.54, 1.807) is 0 Å². The molecule has 1 unspecified atom stereocenters. The molecule has 0 fully saturated rings. The summed E-state index contributed by atoms with van der Waals surface area (Å²) < 4.78 is 11.3. The number of para-hydroxylation sites is 1. The van der Waals surface area contributed by atoms with Gasteiger partial charge in [0, 0.05) is 18.1 Å². The van der Waals surface area contributed by atoms with E-state index in [4.69, 9.17) is 9.47 Å². The summed E-state index contributed by atoms with van der Waals surface area (Å²) in [5.74, 6) is 2.29. The van der Waals surface area contributed by atoms with Crippen LogP contribution in [0, 0.1) is 0 Å². The SMILES string of the molecule is CC(C)Oc1cc(NC2CCOc3ccccc32)ncn1. The Bertz CT molecular complexity index is 616. The first kappa shape index (κ1) is 13.7. The average Bonchev–Trinajstić information content (AvgIpc) is 2.47. The van der Waals surface area contributed by atoms with Crippen molar-refractivity contribution in [3.63, 3.8) is 0 Å². The van der Waals surface area contributed by atoms with Crippen molar-refractivity contribution in [2.75, 3.05) is 11.9 Å². The molecule has 1 aliphatic heterocycles. The molecule has 1 N–H and O–H groups in total. The number of nitrogens with one attached hydrogen (secondary N) is 1. The van der Waals surface area contributed by atoms with Crippen LogP contribution in [0.15, 0.2) is 36.7 Å². The first-order chi connectivity index (χ1) is 10.2. The zero-order valence-electron chi connectivity index (χ0n) is 12.2. The minimum atomic E-state index is 0.0940. The van der Waals surface area contributed by atoms with Gasteiger partial charge in [0.2, 0.25) is 5.88 Å². The highest BCUT2D eigenvalue weighted by molar-refractivity contribution is 5.45. The van der Waals surface area contributed by atoms with Gasteiger partial charge in [0.25, 0.3) is 0 Å². The number of rotatable bonds is 4. The highest BCUT2D eigenvalue weighted by Gasteiger charge is 2.21. The van der Waals surface area contributed by atoms with E-state index in [9.17, 15) is 0 Å². The van der Waals surface area contributed by atoms with Crippen LogP contribution >= 0.6 is 0 Å². The predicted molar refractivity (Wildman–Crippen MR) is 80.7 cm³/mol. The Morgan fingerprint density at radius 1 is 1.29 bits per heavy atom. The van der Waals surface area contributed by atoms with Crippen molar-refractivity contribution in [2.24, 2.45) is 0 Å². The van der Waals surface area contributed by atoms with Crippen LogP contribution in [-0.4, -0.2) is 22.7 Å². The lowest BCUT2D eigenvalue weighted by Gasteiger charge is -2.27. The van der Waals surface area contributed by atoms with E-state index in [0.29, 0.717) is 12.5 Å². The lowest BCUT2D eigenvalue weighted by molar-refractivity contribution is 0.232. The standard InChI is InChI=1S/C16H19N3O2/c1-11(2)21-16-9-15(17-10-18-16)19-13-7-8-20-14-6-4-3-5-12(13)14/h3-6,9-11,13H,7-8H2,1-2H3,(H,17,18,19). The molecule has 3 rings (SSSR count). The molecule has 1 atom stereocenters. The first-order valence-corrected chi connectivity index (χ1v) is 7.19. The molecule has 0 amide bonds. The molecule has 1 aromatic heterocycles. The maximum absolute atomic E-state index is 5.67. The second-order valence-corrected chi connectivity index (χ2v) is 5.28. The van der Waals surface area contributed by atoms with Crippen molar-refractivity contribution in [3.8, 4) is 11.6 Å². The summed E-state index contributed by atoms with van der Waals surface area (Å²) >= 11 is 0. The van der Waals surface area contributed by atoms with Crippen LogP contribution in [0.2, 0.25) is 0 Å². The van der Waals surface area contributed by atoms with Gasteiger partial charge >= 0.3 is 0 Å². The van der Waals surface area contributed by atoms with E-state index in [1.807, 2.05) is 38.1 Å². The average molecular weight is 285 g/mol. The number of aromatic nitrogens is 2. The van der Waals surface area contributed by atoms with Crippen molar-refractivity contribution in [3.05, 3.63) is 42.2 Å². The van der Waals surface area contributed by atoms with Crippen LogP contribution < -0.4 is 14.8 Å². The molecular weight excluding hydrogens is 266 g/mol. The van der Waals surface area contributed by atoms with Gasteiger partial charge in [0.15, 0.2) is 0 Å². The first-order valence-electron chi connectivity index (χ1n) is 7.19. The van der Waals surface area contributed by atoms with Crippen molar-refractivity contribution >= 4 is 5.82 Å². The van der Waals surface area contributed by atoms with Crippen LogP contribution in [-0.2, 0) is 0 Å². The third-order valence-electron chi connectivity index (χ3n) is 3.28. The normalized spacial score (nSPS) is 17.0. The molecule has 0 radical (unpaired) electrons. The second kappa shape index (κ2) is 5.99. The van der Waals surface area contributed by atoms with Gasteiger partial charge in [-0.25, -0.2) is 9.97 Å². The van der Waals surface area contributed by atoms with E-state index in [1.165, 1.54) is 6.33 Å². The fourth-order valence-electron chi connectivity index (χ4n) is 2.39. The molecule has 0 saturated carbocycles. The van der Waals surface area contributed by atoms with Gasteiger partial charge in [0.05, 0.1) is 18.8 Å². The fraction of sp³-hybridized carbons (Fsp3) is 0.375. The zero-order valence-corrected chi connectivity index (χ0v) is 12.2. The maximum Gasteiger partial charge on any atom is 0.218 e. The van der Waals surface area contributed by atoms with Gasteiger partial charge in [-0.05, 0) is 19.9 Å². The van der Waals surface area contributed by atoms with Crippen molar-refractivity contribution < 1.29 is 9.47 Å². The van der Waals surface area contributed by atoms with Crippen molar-refractivity contribution in [1.82, 2.24) is 9.97 Å². The summed E-state index contributed by atoms with van der Waals surface area (Å²) in [6, 6.07) is 10.1. The summed E-state index contributed by atoms with van der Waals surface area (Å²) in [7, 11) is 0. The topological polar surface area (TPSA) is 56.3 Å². The number of nitrogens with zero attached hydrogens (tertiary/aromatic N) is 2. The highest BCUT2D eigenvalue weighted by Crippen LogP contribution is 2.33. The molecule has 5 nitrogen and oxygen atoms in total. The van der Waals surface area contributed by atoms with E-state index in [0.717, 1.165) is 23.6 Å². The van der Waals surface area contributed by atoms with Crippen LogP contribution in [0.25, 0.3) is 0 Å². The largest absolute Gasteiger partial charge is 0.493 e. The molecule has 0 spiro atoms. The Hall–Kier alpha value is -2.30. The molecule has 0 aliphatic carbocycles. The minimum Gasteiger partial charge on any atom is -0.493 e. The van der Waals surface area contributed by atoms with E-state index >= 15 is 0 Å². The van der Waals surface area contributed by atoms with Gasteiger partial charge in [-0.15, -0.1) is 0 Å². The number of anilines is 1. The van der Waals surface area contributed by atoms with E-state index in [-0.39, 0.29) is 12.1 Å². The molecule has 5 heteroatoms. The second-order valence-electron chi connectivity index (χ2n) is 5.28. The quantitative estimate of drug-likeness (QED) is 0.935. The summed E-state index contributed by atoms with van der Waals surface area (Å²) in [6.45, 7) is 4.66. The van der Waals surface area contributed by atoms with Crippen molar-refractivity contribution in [1.29, 1.82) is 0 Å². The molecular formula is C16H19N3O2. The van der Waals surface area contributed by atoms with Crippen LogP contribution in [0.1, 0.15) is 31.9 Å². The molecule has 1 aliphatic rings. The predicted octanol–water partition coefficient (Wildman–Crippen LogP) is 3.20. The third kappa shape index (κ3) is 3.24. The Morgan fingerprint density at radius 3 is 3.00 bits per heavy atom. The molecule has 2 aromatic rings. The maximum atomic E-state index is 5.67. The number of hydrogen-bond donors (Lipinski definition) is 1. The molecule has 110 valence electrons. The van der Waals surface area contributed by atoms with Gasteiger partial charge in [-0.2, -0.15) is 0 Å². The summed E-state index contributed by atoms with van der Waals surface area (Å²) in [5.41, 5.74) is 1.16. The minimum absolute atomic E-state index is 0.0940. The van der Waals surface area contributed by atoms with E-state index in [2.05, 4.69) is 21.4 Å². The van der Waals surface area contributed by atoms with Crippen molar-refractivity contribution in [2.45, 2.75) is 32.4 Å². The molecule has 0 bridgehead atoms. The van der Waals surface area contributed by atoms with E-state index < -0.39 is 0 Å². The Kier molecular flexibility index (Phi) is 3.90. The summed E-state index contributed by atoms with van der Waals surface area (Å²) in [6.07, 6.45) is 2.52. The number of fused-ring (bicyclic) bond motifs is 1. The summed E-state index contributed by atoms with van der Waals surface area (Å²) in [4.78, 5) is 8.39. The fourth-order valence-corrected chi connectivity index (χ4v) is 2.39. The third-order valence-corrected chi connectivity index (χ3v) is 3.28. The highest BCUT2D eigenvalue weighted by atomic mass is 16.5. The van der Waals surface area contributed by atoms with Crippen LogP contribution in [0.3, 0.4) is 0 Å². The Labute approximate surface area is 124 Å².